The molecule has 0 spiro atoms. The van der Waals surface area contributed by atoms with Crippen molar-refractivity contribution in [2.24, 2.45) is 5.10 Å². The first-order valence-corrected chi connectivity index (χ1v) is 6.91. The van der Waals surface area contributed by atoms with Crippen molar-refractivity contribution in [2.75, 3.05) is 0 Å². The number of benzene rings is 2. The fourth-order valence-electron chi connectivity index (χ4n) is 2.27. The third kappa shape index (κ3) is 2.89. The third-order valence-corrected chi connectivity index (χ3v) is 3.35. The third-order valence-electron chi connectivity index (χ3n) is 3.35. The summed E-state index contributed by atoms with van der Waals surface area (Å²) in [5, 5.41) is 16.3. The van der Waals surface area contributed by atoms with Crippen LogP contribution in [0.5, 0.6) is 0 Å². The number of carbonyl (C=O) groups excluding carboxylic acids is 1. The van der Waals surface area contributed by atoms with E-state index in [4.69, 9.17) is 4.74 Å². The molecule has 0 N–H and O–H groups in total. The fraction of sp³-hybridized carbons (Fsp3) is 0.125. The summed E-state index contributed by atoms with van der Waals surface area (Å²) in [5.74, 6) is -0.00950. The second-order valence-electron chi connectivity index (χ2n) is 4.96. The number of non-ortho nitro benzene ring substituents is 1. The summed E-state index contributed by atoms with van der Waals surface area (Å²) >= 11 is 0. The number of hydrogen-bond acceptors (Lipinski definition) is 5. The molecule has 1 aliphatic rings. The average Bonchev–Trinajstić information content (AvgIpc) is 3.01. The van der Waals surface area contributed by atoms with Gasteiger partial charge in [-0.3, -0.25) is 14.9 Å². The van der Waals surface area contributed by atoms with Gasteiger partial charge in [-0.2, -0.15) is 5.01 Å². The molecule has 7 nitrogen and oxygen atoms in total. The van der Waals surface area contributed by atoms with Crippen molar-refractivity contribution in [1.29, 1.82) is 0 Å². The zero-order valence-corrected chi connectivity index (χ0v) is 12.2. The summed E-state index contributed by atoms with van der Waals surface area (Å²) in [4.78, 5) is 22.3. The van der Waals surface area contributed by atoms with Gasteiger partial charge < -0.3 is 4.74 Å². The Bertz CT molecular complexity index is 789. The van der Waals surface area contributed by atoms with E-state index in [9.17, 15) is 14.9 Å². The standard InChI is InChI=1S/C16H13N3O4/c1-11(20)18-16(13-8-5-9-14(10-13)19(21)22)23-15(17-18)12-6-3-2-4-7-12/h2-10,16H,1H3/t16-/m0/s1. The highest BCUT2D eigenvalue weighted by Gasteiger charge is 2.33. The normalized spacial score (nSPS) is 16.7. The Morgan fingerprint density at radius 1 is 1.22 bits per heavy atom. The predicted molar refractivity (Wildman–Crippen MR) is 82.4 cm³/mol. The Hall–Kier alpha value is -3.22. The van der Waals surface area contributed by atoms with Crippen LogP contribution < -0.4 is 0 Å². The van der Waals surface area contributed by atoms with Gasteiger partial charge in [-0.15, -0.1) is 5.10 Å². The van der Waals surface area contributed by atoms with E-state index in [0.717, 1.165) is 5.56 Å². The van der Waals surface area contributed by atoms with Gasteiger partial charge in [-0.1, -0.05) is 30.3 Å². The molecule has 116 valence electrons. The largest absolute Gasteiger partial charge is 0.446 e. The Morgan fingerprint density at radius 2 is 1.96 bits per heavy atom. The number of rotatable bonds is 3. The molecule has 0 saturated heterocycles. The van der Waals surface area contributed by atoms with E-state index in [-0.39, 0.29) is 11.6 Å². The highest BCUT2D eigenvalue weighted by atomic mass is 16.6. The molecule has 1 amide bonds. The summed E-state index contributed by atoms with van der Waals surface area (Å²) < 4.78 is 5.77. The van der Waals surface area contributed by atoms with Crippen LogP contribution in [0.25, 0.3) is 0 Å². The topological polar surface area (TPSA) is 85.0 Å². The van der Waals surface area contributed by atoms with Gasteiger partial charge in [-0.05, 0) is 12.1 Å². The summed E-state index contributed by atoms with van der Waals surface area (Å²) in [6, 6.07) is 15.1. The molecular weight excluding hydrogens is 298 g/mol. The summed E-state index contributed by atoms with van der Waals surface area (Å²) in [5.41, 5.74) is 1.15. The van der Waals surface area contributed by atoms with Crippen LogP contribution in [-0.2, 0) is 9.53 Å². The molecule has 0 radical (unpaired) electrons. The van der Waals surface area contributed by atoms with Crippen molar-refractivity contribution in [3.05, 3.63) is 75.8 Å². The summed E-state index contributed by atoms with van der Waals surface area (Å²) in [7, 11) is 0. The zero-order chi connectivity index (χ0) is 16.4. The van der Waals surface area contributed by atoms with Gasteiger partial charge in [0.05, 0.1) is 4.92 Å². The van der Waals surface area contributed by atoms with E-state index in [1.807, 2.05) is 30.3 Å². The lowest BCUT2D eigenvalue weighted by Gasteiger charge is -2.19. The molecule has 2 aromatic carbocycles. The number of hydrogen-bond donors (Lipinski definition) is 0. The minimum absolute atomic E-state index is 0.0669. The molecule has 0 bridgehead atoms. The van der Waals surface area contributed by atoms with Crippen molar-refractivity contribution in [3.63, 3.8) is 0 Å². The molecule has 1 aliphatic heterocycles. The maximum atomic E-state index is 11.8. The van der Waals surface area contributed by atoms with Crippen LogP contribution in [0.4, 0.5) is 5.69 Å². The van der Waals surface area contributed by atoms with E-state index >= 15 is 0 Å². The van der Waals surface area contributed by atoms with Crippen LogP contribution in [0.15, 0.2) is 59.7 Å². The van der Waals surface area contributed by atoms with Crippen LogP contribution in [-0.4, -0.2) is 21.7 Å². The minimum Gasteiger partial charge on any atom is -0.446 e. The van der Waals surface area contributed by atoms with E-state index in [1.54, 1.807) is 12.1 Å². The molecular formula is C16H13N3O4. The highest BCUT2D eigenvalue weighted by molar-refractivity contribution is 5.96. The number of nitro benzene ring substituents is 1. The Kier molecular flexibility index (Phi) is 3.76. The first-order valence-electron chi connectivity index (χ1n) is 6.91. The van der Waals surface area contributed by atoms with Gasteiger partial charge in [-0.25, -0.2) is 0 Å². The van der Waals surface area contributed by atoms with Crippen molar-refractivity contribution in [2.45, 2.75) is 13.2 Å². The highest BCUT2D eigenvalue weighted by Crippen LogP contribution is 2.31. The lowest BCUT2D eigenvalue weighted by molar-refractivity contribution is -0.385. The molecule has 0 saturated carbocycles. The SMILES string of the molecule is CC(=O)N1N=C(c2ccccc2)O[C@H]1c1cccc([N+](=O)[O-])c1. The predicted octanol–water partition coefficient (Wildman–Crippen LogP) is 2.83. The first kappa shape index (κ1) is 14.7. The van der Waals surface area contributed by atoms with Gasteiger partial charge in [0.15, 0.2) is 0 Å². The lowest BCUT2D eigenvalue weighted by atomic mass is 10.1. The fourth-order valence-corrected chi connectivity index (χ4v) is 2.27. The van der Waals surface area contributed by atoms with E-state index < -0.39 is 11.2 Å². The van der Waals surface area contributed by atoms with Crippen molar-refractivity contribution in [3.8, 4) is 0 Å². The quantitative estimate of drug-likeness (QED) is 0.644. The smallest absolute Gasteiger partial charge is 0.269 e. The maximum Gasteiger partial charge on any atom is 0.269 e. The molecule has 0 aromatic heterocycles. The maximum absolute atomic E-state index is 11.8. The lowest BCUT2D eigenvalue weighted by Crippen LogP contribution is -2.25. The Labute approximate surface area is 131 Å². The minimum atomic E-state index is -0.817. The van der Waals surface area contributed by atoms with Crippen LogP contribution in [0, 0.1) is 10.1 Å². The van der Waals surface area contributed by atoms with Crippen molar-refractivity contribution >= 4 is 17.5 Å². The van der Waals surface area contributed by atoms with Crippen molar-refractivity contribution < 1.29 is 14.5 Å². The van der Waals surface area contributed by atoms with Gasteiger partial charge in [0.1, 0.15) is 0 Å². The molecule has 1 atom stereocenters. The molecule has 7 heteroatoms. The molecule has 3 rings (SSSR count). The summed E-state index contributed by atoms with van der Waals surface area (Å²) in [6.07, 6.45) is -0.817. The first-order chi connectivity index (χ1) is 11.1. The van der Waals surface area contributed by atoms with Crippen LogP contribution in [0.3, 0.4) is 0 Å². The molecule has 0 unspecified atom stereocenters. The van der Waals surface area contributed by atoms with Crippen LogP contribution in [0.2, 0.25) is 0 Å². The molecule has 0 aliphatic carbocycles. The van der Waals surface area contributed by atoms with Crippen LogP contribution >= 0.6 is 0 Å². The molecule has 23 heavy (non-hydrogen) atoms. The number of hydrazone groups is 1. The van der Waals surface area contributed by atoms with E-state index in [0.29, 0.717) is 11.5 Å². The second-order valence-corrected chi connectivity index (χ2v) is 4.96. The second kappa shape index (κ2) is 5.88. The van der Waals surface area contributed by atoms with Crippen LogP contribution in [0.1, 0.15) is 24.3 Å². The number of ether oxygens (including phenoxy) is 1. The number of nitro groups is 1. The monoisotopic (exact) mass is 311 g/mol. The average molecular weight is 311 g/mol. The number of carbonyl (C=O) groups is 1. The molecule has 1 heterocycles. The zero-order valence-electron chi connectivity index (χ0n) is 12.2. The number of nitrogens with zero attached hydrogens (tertiary/aromatic N) is 3. The van der Waals surface area contributed by atoms with Gasteiger partial charge in [0, 0.05) is 30.2 Å². The molecule has 2 aromatic rings. The Balaban J connectivity index is 1.96. The van der Waals surface area contributed by atoms with Gasteiger partial charge >= 0.3 is 0 Å². The number of amides is 1. The van der Waals surface area contributed by atoms with E-state index in [1.165, 1.54) is 24.1 Å². The summed E-state index contributed by atoms with van der Waals surface area (Å²) in [6.45, 7) is 1.37. The van der Waals surface area contributed by atoms with Gasteiger partial charge in [0.2, 0.25) is 18.0 Å². The van der Waals surface area contributed by atoms with Gasteiger partial charge in [0.25, 0.3) is 5.69 Å². The Morgan fingerprint density at radius 3 is 2.61 bits per heavy atom. The molecule has 0 fully saturated rings. The van der Waals surface area contributed by atoms with Crippen molar-refractivity contribution in [1.82, 2.24) is 5.01 Å². The van der Waals surface area contributed by atoms with E-state index in [2.05, 4.69) is 5.10 Å².